The number of nitrogens with zero attached hydrogens (tertiary/aromatic N) is 3. The molecule has 0 bridgehead atoms. The van der Waals surface area contributed by atoms with Crippen molar-refractivity contribution in [3.05, 3.63) is 78.4 Å². The summed E-state index contributed by atoms with van der Waals surface area (Å²) < 4.78 is 0. The van der Waals surface area contributed by atoms with E-state index < -0.39 is 0 Å². The summed E-state index contributed by atoms with van der Waals surface area (Å²) in [6, 6.07) is 24.8. The van der Waals surface area contributed by atoms with Gasteiger partial charge in [0.15, 0.2) is 5.69 Å². The van der Waals surface area contributed by atoms with E-state index >= 15 is 0 Å². The topological polar surface area (TPSA) is 84.5 Å². The average molecular weight is 338 g/mol. The van der Waals surface area contributed by atoms with Gasteiger partial charge in [0.05, 0.1) is 22.8 Å². The van der Waals surface area contributed by atoms with E-state index in [1.54, 1.807) is 24.3 Å². The Labute approximate surface area is 149 Å². The lowest BCUT2D eigenvalue weighted by Crippen LogP contribution is -1.77. The first-order chi connectivity index (χ1) is 12.7. The molecular formula is C21H14N4O. The van der Waals surface area contributed by atoms with Crippen LogP contribution in [0.3, 0.4) is 0 Å². The van der Waals surface area contributed by atoms with Crippen LogP contribution in [0, 0.1) is 11.3 Å². The Bertz CT molecular complexity index is 1150. The van der Waals surface area contributed by atoms with E-state index in [4.69, 9.17) is 5.26 Å². The number of azo groups is 1. The third-order valence-electron chi connectivity index (χ3n) is 4.10. The van der Waals surface area contributed by atoms with Gasteiger partial charge in [0.2, 0.25) is 5.88 Å². The zero-order valence-electron chi connectivity index (χ0n) is 13.7. The highest BCUT2D eigenvalue weighted by molar-refractivity contribution is 5.96. The molecule has 1 heterocycles. The summed E-state index contributed by atoms with van der Waals surface area (Å²) in [6.45, 7) is 0. The summed E-state index contributed by atoms with van der Waals surface area (Å²) >= 11 is 0. The molecule has 26 heavy (non-hydrogen) atoms. The highest BCUT2D eigenvalue weighted by atomic mass is 16.3. The van der Waals surface area contributed by atoms with Gasteiger partial charge in [-0.25, -0.2) is 0 Å². The van der Waals surface area contributed by atoms with Gasteiger partial charge in [0.25, 0.3) is 0 Å². The number of aromatic amines is 1. The lowest BCUT2D eigenvalue weighted by Gasteiger charge is -2.01. The molecule has 0 aliphatic rings. The molecule has 1 aromatic heterocycles. The maximum Gasteiger partial charge on any atom is 0.218 e. The summed E-state index contributed by atoms with van der Waals surface area (Å²) in [4.78, 5) is 2.91. The van der Waals surface area contributed by atoms with Crippen molar-refractivity contribution >= 4 is 22.3 Å². The van der Waals surface area contributed by atoms with Crippen molar-refractivity contribution in [3.8, 4) is 23.1 Å². The molecule has 0 aliphatic heterocycles. The minimum atomic E-state index is -0.0367. The minimum absolute atomic E-state index is 0.0367. The fourth-order valence-electron chi connectivity index (χ4n) is 2.82. The van der Waals surface area contributed by atoms with Crippen molar-refractivity contribution in [2.75, 3.05) is 0 Å². The first-order valence-electron chi connectivity index (χ1n) is 8.06. The van der Waals surface area contributed by atoms with Gasteiger partial charge in [-0.15, -0.1) is 5.11 Å². The molecule has 0 radical (unpaired) electrons. The quantitative estimate of drug-likeness (QED) is 0.461. The first-order valence-corrected chi connectivity index (χ1v) is 8.06. The smallest absolute Gasteiger partial charge is 0.218 e. The maximum absolute atomic E-state index is 10.2. The maximum atomic E-state index is 10.2. The number of nitriles is 1. The van der Waals surface area contributed by atoms with Crippen LogP contribution < -0.4 is 0 Å². The van der Waals surface area contributed by atoms with Crippen molar-refractivity contribution in [1.29, 1.82) is 5.26 Å². The number of aromatic nitrogens is 1. The van der Waals surface area contributed by atoms with Gasteiger partial charge in [-0.05, 0) is 41.5 Å². The standard InChI is InChI=1S/C21H14N4O/c22-13-14-5-4-8-17(11-14)24-25-20-18-12-16(15-6-2-1-3-7-15)9-10-19(18)23-21(20)26/h1-12,23,26H. The van der Waals surface area contributed by atoms with Crippen LogP contribution in [0.4, 0.5) is 11.4 Å². The molecule has 4 rings (SSSR count). The van der Waals surface area contributed by atoms with Gasteiger partial charge >= 0.3 is 0 Å². The van der Waals surface area contributed by atoms with Crippen LogP contribution in [0.25, 0.3) is 22.0 Å². The molecule has 0 spiro atoms. The number of benzene rings is 3. The fraction of sp³-hybridized carbons (Fsp3) is 0. The van der Waals surface area contributed by atoms with Gasteiger partial charge in [0, 0.05) is 5.39 Å². The first kappa shape index (κ1) is 15.6. The normalized spacial score (nSPS) is 11.0. The van der Waals surface area contributed by atoms with E-state index in [0.29, 0.717) is 16.9 Å². The molecule has 5 nitrogen and oxygen atoms in total. The van der Waals surface area contributed by atoms with Crippen molar-refractivity contribution in [2.24, 2.45) is 10.2 Å². The summed E-state index contributed by atoms with van der Waals surface area (Å²) in [5, 5.41) is 28.3. The molecule has 0 amide bonds. The molecule has 124 valence electrons. The summed E-state index contributed by atoms with van der Waals surface area (Å²) in [5.41, 5.74) is 4.33. The molecule has 3 aromatic carbocycles. The van der Waals surface area contributed by atoms with Crippen LogP contribution in [0.5, 0.6) is 5.88 Å². The van der Waals surface area contributed by atoms with E-state index in [1.807, 2.05) is 48.5 Å². The summed E-state index contributed by atoms with van der Waals surface area (Å²) in [6.07, 6.45) is 0. The molecular weight excluding hydrogens is 324 g/mol. The highest BCUT2D eigenvalue weighted by Crippen LogP contribution is 2.38. The van der Waals surface area contributed by atoms with Crippen molar-refractivity contribution < 1.29 is 5.11 Å². The van der Waals surface area contributed by atoms with E-state index in [0.717, 1.165) is 22.0 Å². The lowest BCUT2D eigenvalue weighted by atomic mass is 10.0. The van der Waals surface area contributed by atoms with Crippen molar-refractivity contribution in [1.82, 2.24) is 4.98 Å². The Morgan fingerprint density at radius 2 is 1.69 bits per heavy atom. The predicted octanol–water partition coefficient (Wildman–Crippen LogP) is 5.83. The minimum Gasteiger partial charge on any atom is -0.493 e. The van der Waals surface area contributed by atoms with Gasteiger partial charge in [0.1, 0.15) is 0 Å². The van der Waals surface area contributed by atoms with E-state index in [9.17, 15) is 5.11 Å². The predicted molar refractivity (Wildman–Crippen MR) is 101 cm³/mol. The van der Waals surface area contributed by atoms with Crippen molar-refractivity contribution in [2.45, 2.75) is 0 Å². The fourth-order valence-corrected chi connectivity index (χ4v) is 2.82. The second kappa shape index (κ2) is 6.54. The Balaban J connectivity index is 1.78. The zero-order chi connectivity index (χ0) is 17.9. The Morgan fingerprint density at radius 3 is 2.50 bits per heavy atom. The van der Waals surface area contributed by atoms with E-state index in [2.05, 4.69) is 21.3 Å². The SMILES string of the molecule is N#Cc1cccc(N=Nc2c(O)[nH]c3ccc(-c4ccccc4)cc23)c1. The third kappa shape index (κ3) is 2.92. The number of rotatable bonds is 3. The van der Waals surface area contributed by atoms with E-state index in [-0.39, 0.29) is 5.88 Å². The third-order valence-corrected chi connectivity index (χ3v) is 4.10. The molecule has 0 aliphatic carbocycles. The average Bonchev–Trinajstić information content (AvgIpc) is 3.01. The largest absolute Gasteiger partial charge is 0.493 e. The van der Waals surface area contributed by atoms with Gasteiger partial charge in [-0.2, -0.15) is 10.4 Å². The molecule has 0 saturated carbocycles. The van der Waals surface area contributed by atoms with Gasteiger partial charge in [-0.1, -0.05) is 42.5 Å². The van der Waals surface area contributed by atoms with Crippen LogP contribution in [-0.4, -0.2) is 10.1 Å². The summed E-state index contributed by atoms with van der Waals surface area (Å²) in [7, 11) is 0. The van der Waals surface area contributed by atoms with E-state index in [1.165, 1.54) is 0 Å². The monoisotopic (exact) mass is 338 g/mol. The van der Waals surface area contributed by atoms with Crippen LogP contribution in [0.2, 0.25) is 0 Å². The zero-order valence-corrected chi connectivity index (χ0v) is 13.7. The molecule has 0 unspecified atom stereocenters. The number of hydrogen-bond acceptors (Lipinski definition) is 4. The van der Waals surface area contributed by atoms with Crippen LogP contribution >= 0.6 is 0 Å². The summed E-state index contributed by atoms with van der Waals surface area (Å²) in [5.74, 6) is -0.0367. The second-order valence-corrected chi connectivity index (χ2v) is 5.81. The molecule has 5 heteroatoms. The molecule has 0 fully saturated rings. The van der Waals surface area contributed by atoms with Gasteiger partial charge < -0.3 is 10.1 Å². The Morgan fingerprint density at radius 1 is 0.846 bits per heavy atom. The second-order valence-electron chi connectivity index (χ2n) is 5.81. The Kier molecular flexibility index (Phi) is 3.92. The van der Waals surface area contributed by atoms with Crippen LogP contribution in [0.1, 0.15) is 5.56 Å². The number of nitrogens with one attached hydrogen (secondary N) is 1. The molecule has 0 atom stereocenters. The number of hydrogen-bond donors (Lipinski definition) is 2. The van der Waals surface area contributed by atoms with Crippen LogP contribution in [0.15, 0.2) is 83.0 Å². The number of aromatic hydroxyl groups is 1. The van der Waals surface area contributed by atoms with Crippen LogP contribution in [-0.2, 0) is 0 Å². The van der Waals surface area contributed by atoms with Crippen molar-refractivity contribution in [3.63, 3.8) is 0 Å². The molecule has 4 aromatic rings. The Hall–Kier alpha value is -3.91. The molecule has 0 saturated heterocycles. The van der Waals surface area contributed by atoms with Gasteiger partial charge in [-0.3, -0.25) is 0 Å². The number of H-pyrrole nitrogens is 1. The number of fused-ring (bicyclic) bond motifs is 1. The lowest BCUT2D eigenvalue weighted by molar-refractivity contribution is 0.459. The highest BCUT2D eigenvalue weighted by Gasteiger charge is 2.11. The molecule has 2 N–H and O–H groups in total.